The maximum atomic E-state index is 11.8. The first-order valence-electron chi connectivity index (χ1n) is 9.95. The minimum Gasteiger partial charge on any atom is -0.370 e. The number of nitrogens with two attached hydrogens (primary N) is 1. The van der Waals surface area contributed by atoms with E-state index in [1.54, 1.807) is 22.9 Å². The van der Waals surface area contributed by atoms with Gasteiger partial charge in [-0.1, -0.05) is 56.3 Å². The van der Waals surface area contributed by atoms with E-state index in [1.165, 1.54) is 5.56 Å². The summed E-state index contributed by atoms with van der Waals surface area (Å²) in [7, 11) is 0. The standard InChI is InChI=1S/C24H28N4O/c1-3-18(2)21-11-13-22(14-12-21)27-24(25)26-16-19-7-9-20(10-8-19)17-28-15-5-4-6-23(28)29/h4-15,18H,3,16-17H2,1-2H3,(H3,25,26,27). The summed E-state index contributed by atoms with van der Waals surface area (Å²) in [5.74, 6) is 0.944. The Bertz CT molecular complexity index is 1000. The Morgan fingerprint density at radius 2 is 1.72 bits per heavy atom. The predicted molar refractivity (Wildman–Crippen MR) is 120 cm³/mol. The van der Waals surface area contributed by atoms with Gasteiger partial charge >= 0.3 is 0 Å². The van der Waals surface area contributed by atoms with Crippen LogP contribution in [0, 0.1) is 0 Å². The number of nitrogens with one attached hydrogen (secondary N) is 1. The van der Waals surface area contributed by atoms with E-state index in [0.717, 1.165) is 23.2 Å². The lowest BCUT2D eigenvalue weighted by Crippen LogP contribution is -2.22. The Labute approximate surface area is 171 Å². The van der Waals surface area contributed by atoms with E-state index in [4.69, 9.17) is 5.73 Å². The molecular formula is C24H28N4O. The van der Waals surface area contributed by atoms with Crippen LogP contribution in [0.5, 0.6) is 0 Å². The average Bonchev–Trinajstić information content (AvgIpc) is 2.75. The first-order chi connectivity index (χ1) is 14.0. The van der Waals surface area contributed by atoms with Crippen LogP contribution in [0.2, 0.25) is 0 Å². The molecule has 3 N–H and O–H groups in total. The maximum Gasteiger partial charge on any atom is 0.250 e. The molecule has 0 aliphatic carbocycles. The van der Waals surface area contributed by atoms with Gasteiger partial charge < -0.3 is 15.6 Å². The van der Waals surface area contributed by atoms with E-state index in [-0.39, 0.29) is 5.56 Å². The zero-order valence-corrected chi connectivity index (χ0v) is 17.0. The molecule has 0 saturated carbocycles. The molecule has 1 heterocycles. The van der Waals surface area contributed by atoms with Crippen LogP contribution in [-0.4, -0.2) is 10.5 Å². The molecule has 2 aromatic carbocycles. The Balaban J connectivity index is 1.56. The smallest absolute Gasteiger partial charge is 0.250 e. The van der Waals surface area contributed by atoms with E-state index in [2.05, 4.69) is 36.3 Å². The van der Waals surface area contributed by atoms with Gasteiger partial charge in [0.05, 0.1) is 13.1 Å². The second kappa shape index (κ2) is 9.73. The molecule has 0 spiro atoms. The van der Waals surface area contributed by atoms with Crippen molar-refractivity contribution in [2.24, 2.45) is 10.7 Å². The molecule has 0 aliphatic heterocycles. The van der Waals surface area contributed by atoms with Crippen LogP contribution in [-0.2, 0) is 13.1 Å². The zero-order valence-electron chi connectivity index (χ0n) is 17.0. The Hall–Kier alpha value is -3.34. The Morgan fingerprint density at radius 3 is 2.38 bits per heavy atom. The number of nitrogens with zero attached hydrogens (tertiary/aromatic N) is 2. The van der Waals surface area contributed by atoms with Crippen molar-refractivity contribution >= 4 is 11.6 Å². The Kier molecular flexibility index (Phi) is 6.85. The van der Waals surface area contributed by atoms with Crippen molar-refractivity contribution in [2.45, 2.75) is 39.3 Å². The average molecular weight is 389 g/mol. The molecule has 0 amide bonds. The number of guanidine groups is 1. The summed E-state index contributed by atoms with van der Waals surface area (Å²) >= 11 is 0. The quantitative estimate of drug-likeness (QED) is 0.467. The number of anilines is 1. The highest BCUT2D eigenvalue weighted by Gasteiger charge is 2.03. The van der Waals surface area contributed by atoms with Gasteiger partial charge in [-0.15, -0.1) is 0 Å². The summed E-state index contributed by atoms with van der Waals surface area (Å²) in [5.41, 5.74) is 10.4. The number of aliphatic imine (C=N–C) groups is 1. The number of aromatic nitrogens is 1. The highest BCUT2D eigenvalue weighted by Crippen LogP contribution is 2.20. The summed E-state index contributed by atoms with van der Waals surface area (Å²) < 4.78 is 1.68. The van der Waals surface area contributed by atoms with E-state index < -0.39 is 0 Å². The molecule has 1 atom stereocenters. The van der Waals surface area contributed by atoms with Crippen molar-refractivity contribution < 1.29 is 0 Å². The normalized spacial score (nSPS) is 12.6. The fourth-order valence-electron chi connectivity index (χ4n) is 3.03. The van der Waals surface area contributed by atoms with Crippen LogP contribution in [0.4, 0.5) is 5.69 Å². The van der Waals surface area contributed by atoms with Gasteiger partial charge in [0.2, 0.25) is 0 Å². The van der Waals surface area contributed by atoms with Crippen LogP contribution in [0.25, 0.3) is 0 Å². The van der Waals surface area contributed by atoms with Crippen molar-refractivity contribution in [1.82, 2.24) is 4.57 Å². The number of benzene rings is 2. The number of rotatable bonds is 7. The monoisotopic (exact) mass is 388 g/mol. The molecule has 0 bridgehead atoms. The second-order valence-corrected chi connectivity index (χ2v) is 7.24. The molecule has 3 rings (SSSR count). The molecular weight excluding hydrogens is 360 g/mol. The van der Waals surface area contributed by atoms with Crippen molar-refractivity contribution in [3.8, 4) is 0 Å². The van der Waals surface area contributed by atoms with Crippen molar-refractivity contribution in [3.63, 3.8) is 0 Å². The molecule has 5 heteroatoms. The highest BCUT2D eigenvalue weighted by atomic mass is 16.1. The first-order valence-corrected chi connectivity index (χ1v) is 9.95. The molecule has 3 aromatic rings. The second-order valence-electron chi connectivity index (χ2n) is 7.24. The van der Waals surface area contributed by atoms with Crippen LogP contribution in [0.3, 0.4) is 0 Å². The first kappa shape index (κ1) is 20.4. The number of hydrogen-bond acceptors (Lipinski definition) is 2. The molecule has 0 radical (unpaired) electrons. The van der Waals surface area contributed by atoms with Gasteiger partial charge in [-0.2, -0.15) is 0 Å². The number of pyridine rings is 1. The van der Waals surface area contributed by atoms with E-state index >= 15 is 0 Å². The van der Waals surface area contributed by atoms with Gasteiger partial charge in [-0.3, -0.25) is 4.79 Å². The summed E-state index contributed by atoms with van der Waals surface area (Å²) in [5, 5.41) is 3.14. The van der Waals surface area contributed by atoms with Crippen LogP contribution in [0.15, 0.2) is 82.7 Å². The lowest BCUT2D eigenvalue weighted by atomic mass is 9.99. The van der Waals surface area contributed by atoms with Gasteiger partial charge in [-0.05, 0) is 47.2 Å². The van der Waals surface area contributed by atoms with Gasteiger partial charge in [0.15, 0.2) is 5.96 Å². The molecule has 1 aromatic heterocycles. The molecule has 0 saturated heterocycles. The van der Waals surface area contributed by atoms with Crippen LogP contribution >= 0.6 is 0 Å². The van der Waals surface area contributed by atoms with Gasteiger partial charge in [0.1, 0.15) is 0 Å². The largest absolute Gasteiger partial charge is 0.370 e. The molecule has 0 fully saturated rings. The third-order valence-electron chi connectivity index (χ3n) is 5.07. The lowest BCUT2D eigenvalue weighted by molar-refractivity contribution is 0.734. The van der Waals surface area contributed by atoms with Crippen LogP contribution < -0.4 is 16.6 Å². The third-order valence-corrected chi connectivity index (χ3v) is 5.07. The van der Waals surface area contributed by atoms with Crippen LogP contribution in [0.1, 0.15) is 42.9 Å². The predicted octanol–water partition coefficient (Wildman–Crippen LogP) is 4.34. The molecule has 29 heavy (non-hydrogen) atoms. The van der Waals surface area contributed by atoms with Crippen molar-refractivity contribution in [3.05, 3.63) is 100.0 Å². The maximum absolute atomic E-state index is 11.8. The summed E-state index contributed by atoms with van der Waals surface area (Å²) in [6.45, 7) is 5.46. The highest BCUT2D eigenvalue weighted by molar-refractivity contribution is 5.92. The van der Waals surface area contributed by atoms with E-state index in [0.29, 0.717) is 25.0 Å². The zero-order chi connectivity index (χ0) is 20.6. The Morgan fingerprint density at radius 1 is 1.03 bits per heavy atom. The van der Waals surface area contributed by atoms with Gasteiger partial charge in [0.25, 0.3) is 5.56 Å². The number of hydrogen-bond donors (Lipinski definition) is 2. The summed E-state index contributed by atoms with van der Waals surface area (Å²) in [6, 6.07) is 21.5. The minimum absolute atomic E-state index is 0.00258. The molecule has 0 aliphatic rings. The lowest BCUT2D eigenvalue weighted by Gasteiger charge is -2.11. The molecule has 150 valence electrons. The molecule has 1 unspecified atom stereocenters. The topological polar surface area (TPSA) is 72.4 Å². The SMILES string of the molecule is CCC(C)c1ccc(NC(N)=NCc2ccc(Cn3ccccc3=O)cc2)cc1. The van der Waals surface area contributed by atoms with E-state index in [9.17, 15) is 4.79 Å². The summed E-state index contributed by atoms with van der Waals surface area (Å²) in [4.78, 5) is 16.2. The fraction of sp³-hybridized carbons (Fsp3) is 0.250. The van der Waals surface area contributed by atoms with Crippen molar-refractivity contribution in [2.75, 3.05) is 5.32 Å². The van der Waals surface area contributed by atoms with Gasteiger partial charge in [0, 0.05) is 18.0 Å². The minimum atomic E-state index is -0.00258. The van der Waals surface area contributed by atoms with Crippen molar-refractivity contribution in [1.29, 1.82) is 0 Å². The van der Waals surface area contributed by atoms with Gasteiger partial charge in [-0.25, -0.2) is 4.99 Å². The van der Waals surface area contributed by atoms with E-state index in [1.807, 2.05) is 42.5 Å². The third kappa shape index (κ3) is 5.82. The molecule has 5 nitrogen and oxygen atoms in total. The fourth-order valence-corrected chi connectivity index (χ4v) is 3.03. The summed E-state index contributed by atoms with van der Waals surface area (Å²) in [6.07, 6.45) is 2.92.